The highest BCUT2D eigenvalue weighted by atomic mass is 19.1. The monoisotopic (exact) mass is 307 g/mol. The molecule has 1 aliphatic rings. The molecule has 116 valence electrons. The third kappa shape index (κ3) is 2.49. The summed E-state index contributed by atoms with van der Waals surface area (Å²) < 4.78 is 13.4. The van der Waals surface area contributed by atoms with Crippen LogP contribution in [0.3, 0.4) is 0 Å². The molecule has 0 fully saturated rings. The summed E-state index contributed by atoms with van der Waals surface area (Å²) in [5.74, 6) is -6.05. The average molecular weight is 307 g/mol. The molecule has 7 heteroatoms. The lowest BCUT2D eigenvalue weighted by Crippen LogP contribution is -2.51. The van der Waals surface area contributed by atoms with E-state index in [-0.39, 0.29) is 5.56 Å². The topological polar surface area (TPSA) is 101 Å². The summed E-state index contributed by atoms with van der Waals surface area (Å²) >= 11 is 0. The summed E-state index contributed by atoms with van der Waals surface area (Å²) in [6, 6.07) is 3.49. The van der Waals surface area contributed by atoms with Crippen LogP contribution in [0.1, 0.15) is 29.8 Å². The van der Waals surface area contributed by atoms with E-state index < -0.39 is 47.1 Å². The minimum absolute atomic E-state index is 0.0277. The third-order valence-corrected chi connectivity index (χ3v) is 3.74. The Hall–Kier alpha value is -2.57. The molecule has 1 atom stereocenters. The number of amides is 1. The lowest BCUT2D eigenvalue weighted by Gasteiger charge is -2.34. The van der Waals surface area contributed by atoms with E-state index in [1.165, 1.54) is 19.9 Å². The average Bonchev–Trinajstić information content (AvgIpc) is 2.43. The number of carbonyl (C=O) groups excluding carboxylic acids is 3. The van der Waals surface area contributed by atoms with Crippen molar-refractivity contribution in [3.63, 3.8) is 0 Å². The van der Waals surface area contributed by atoms with Gasteiger partial charge >= 0.3 is 5.97 Å². The Bertz CT molecular complexity index is 695. The molecule has 0 spiro atoms. The smallest absolute Gasteiger partial charge is 0.322 e. The largest absolute Gasteiger partial charge is 0.480 e. The van der Waals surface area contributed by atoms with Gasteiger partial charge in [-0.2, -0.15) is 0 Å². The zero-order valence-corrected chi connectivity index (χ0v) is 12.0. The van der Waals surface area contributed by atoms with Gasteiger partial charge in [-0.25, -0.2) is 4.39 Å². The molecule has 0 saturated carbocycles. The van der Waals surface area contributed by atoms with Crippen LogP contribution in [0.15, 0.2) is 18.2 Å². The van der Waals surface area contributed by atoms with Crippen molar-refractivity contribution < 1.29 is 28.7 Å². The maximum absolute atomic E-state index is 13.4. The second-order valence-corrected chi connectivity index (χ2v) is 5.59. The Morgan fingerprint density at radius 2 is 1.95 bits per heavy atom. The van der Waals surface area contributed by atoms with E-state index >= 15 is 0 Å². The van der Waals surface area contributed by atoms with Crippen LogP contribution >= 0.6 is 0 Å². The van der Waals surface area contributed by atoms with Crippen LogP contribution in [0.2, 0.25) is 0 Å². The van der Waals surface area contributed by atoms with Crippen LogP contribution in [0.25, 0.3) is 0 Å². The van der Waals surface area contributed by atoms with Gasteiger partial charge in [-0.15, -0.1) is 0 Å². The lowest BCUT2D eigenvalue weighted by molar-refractivity contribution is -0.140. The van der Waals surface area contributed by atoms with Gasteiger partial charge in [0.25, 0.3) is 0 Å². The minimum Gasteiger partial charge on any atom is -0.480 e. The number of halogens is 1. The van der Waals surface area contributed by atoms with E-state index in [0.29, 0.717) is 5.56 Å². The van der Waals surface area contributed by atoms with Crippen molar-refractivity contribution in [1.82, 2.24) is 5.32 Å². The number of fused-ring (bicyclic) bond motifs is 1. The number of benzene rings is 1. The third-order valence-electron chi connectivity index (χ3n) is 3.74. The number of aliphatic carboxylic acids is 1. The van der Waals surface area contributed by atoms with Crippen LogP contribution < -0.4 is 5.32 Å². The van der Waals surface area contributed by atoms with Crippen molar-refractivity contribution in [1.29, 1.82) is 0 Å². The first-order chi connectivity index (χ1) is 10.2. The minimum atomic E-state index is -1.66. The fourth-order valence-electron chi connectivity index (χ4n) is 2.54. The van der Waals surface area contributed by atoms with Crippen molar-refractivity contribution in [2.75, 3.05) is 6.54 Å². The van der Waals surface area contributed by atoms with Crippen molar-refractivity contribution in [3.05, 3.63) is 35.1 Å². The first-order valence-electron chi connectivity index (χ1n) is 6.54. The van der Waals surface area contributed by atoms with Crippen LogP contribution in [0, 0.1) is 11.7 Å². The maximum Gasteiger partial charge on any atom is 0.322 e. The molecule has 1 unspecified atom stereocenters. The lowest BCUT2D eigenvalue weighted by atomic mass is 9.66. The molecular formula is C15H14FNO5. The number of carbonyl (C=O) groups is 4. The SMILES string of the molecule is CC1(C)C(=O)C(C(=O)NCC(=O)O)C(=O)c2cc(F)ccc21. The van der Waals surface area contributed by atoms with Crippen LogP contribution in [-0.4, -0.2) is 35.1 Å². The molecule has 0 aliphatic heterocycles. The van der Waals surface area contributed by atoms with Crippen LogP contribution in [0.5, 0.6) is 0 Å². The van der Waals surface area contributed by atoms with Crippen molar-refractivity contribution in [2.24, 2.45) is 5.92 Å². The number of ketones is 2. The molecule has 1 aromatic rings. The van der Waals surface area contributed by atoms with Gasteiger partial charge in [0.2, 0.25) is 5.91 Å². The molecule has 0 radical (unpaired) electrons. The number of rotatable bonds is 3. The fourth-order valence-corrected chi connectivity index (χ4v) is 2.54. The Morgan fingerprint density at radius 1 is 1.32 bits per heavy atom. The molecular weight excluding hydrogens is 293 g/mol. The van der Waals surface area contributed by atoms with Gasteiger partial charge in [-0.05, 0) is 31.5 Å². The van der Waals surface area contributed by atoms with E-state index in [0.717, 1.165) is 12.1 Å². The molecule has 1 amide bonds. The van der Waals surface area contributed by atoms with E-state index in [1.54, 1.807) is 0 Å². The van der Waals surface area contributed by atoms with Gasteiger partial charge in [0.1, 0.15) is 12.4 Å². The highest BCUT2D eigenvalue weighted by Crippen LogP contribution is 2.37. The molecule has 0 bridgehead atoms. The Labute approximate surface area is 125 Å². The molecule has 6 nitrogen and oxygen atoms in total. The highest BCUT2D eigenvalue weighted by Gasteiger charge is 2.49. The summed E-state index contributed by atoms with van der Waals surface area (Å²) in [6.45, 7) is 2.37. The Morgan fingerprint density at radius 3 is 2.55 bits per heavy atom. The number of nitrogens with one attached hydrogen (secondary N) is 1. The molecule has 0 heterocycles. The van der Waals surface area contributed by atoms with E-state index in [9.17, 15) is 23.6 Å². The van der Waals surface area contributed by atoms with Gasteiger partial charge in [-0.1, -0.05) is 6.07 Å². The number of hydrogen-bond donors (Lipinski definition) is 2. The predicted octanol–water partition coefficient (Wildman–Crippen LogP) is 0.686. The van der Waals surface area contributed by atoms with E-state index in [1.807, 2.05) is 5.32 Å². The van der Waals surface area contributed by atoms with Crippen LogP contribution in [0.4, 0.5) is 4.39 Å². The first-order valence-corrected chi connectivity index (χ1v) is 6.54. The molecule has 2 N–H and O–H groups in total. The second-order valence-electron chi connectivity index (χ2n) is 5.59. The quantitative estimate of drug-likeness (QED) is 0.800. The molecule has 2 rings (SSSR count). The Kier molecular flexibility index (Phi) is 3.83. The number of Topliss-reactive ketones (excluding diaryl/α,β-unsaturated/α-hetero) is 2. The van der Waals surface area contributed by atoms with Crippen molar-refractivity contribution >= 4 is 23.4 Å². The summed E-state index contributed by atoms with van der Waals surface area (Å²) in [4.78, 5) is 47.3. The second kappa shape index (κ2) is 5.32. The highest BCUT2D eigenvalue weighted by molar-refractivity contribution is 6.28. The first kappa shape index (κ1) is 15.8. The zero-order chi connectivity index (χ0) is 16.7. The zero-order valence-electron chi connectivity index (χ0n) is 12.0. The molecule has 0 saturated heterocycles. The molecule has 1 aliphatic carbocycles. The van der Waals surface area contributed by atoms with Gasteiger partial charge in [-0.3, -0.25) is 19.2 Å². The molecule has 1 aromatic carbocycles. The van der Waals surface area contributed by atoms with Gasteiger partial charge < -0.3 is 10.4 Å². The van der Waals surface area contributed by atoms with Crippen molar-refractivity contribution in [2.45, 2.75) is 19.3 Å². The molecule has 22 heavy (non-hydrogen) atoms. The summed E-state index contributed by atoms with van der Waals surface area (Å²) in [7, 11) is 0. The van der Waals surface area contributed by atoms with E-state index in [4.69, 9.17) is 5.11 Å². The number of carboxylic acids is 1. The summed E-state index contributed by atoms with van der Waals surface area (Å²) in [5, 5.41) is 10.6. The van der Waals surface area contributed by atoms with Crippen LogP contribution in [-0.2, 0) is 19.8 Å². The van der Waals surface area contributed by atoms with Gasteiger partial charge in [0.15, 0.2) is 17.5 Å². The number of hydrogen-bond acceptors (Lipinski definition) is 4. The Balaban J connectivity index is 2.46. The van der Waals surface area contributed by atoms with E-state index in [2.05, 4.69) is 0 Å². The number of carboxylic acid groups (broad SMARTS) is 1. The summed E-state index contributed by atoms with van der Waals surface area (Å²) in [5.41, 5.74) is -0.825. The normalized spacial score (nSPS) is 19.5. The van der Waals surface area contributed by atoms with Crippen molar-refractivity contribution in [3.8, 4) is 0 Å². The van der Waals surface area contributed by atoms with Gasteiger partial charge in [0.05, 0.1) is 5.41 Å². The fraction of sp³-hybridized carbons (Fsp3) is 0.333. The maximum atomic E-state index is 13.4. The standard InChI is InChI=1S/C15H14FNO5/c1-15(2)9-4-3-7(16)5-8(9)12(20)11(13(15)21)14(22)17-6-10(18)19/h3-5,11H,6H2,1-2H3,(H,17,22)(H,18,19). The molecule has 0 aromatic heterocycles. The predicted molar refractivity (Wildman–Crippen MR) is 72.9 cm³/mol. The van der Waals surface area contributed by atoms with Gasteiger partial charge in [0, 0.05) is 5.56 Å². The summed E-state index contributed by atoms with van der Waals surface area (Å²) in [6.07, 6.45) is 0.